The van der Waals surface area contributed by atoms with Gasteiger partial charge in [-0.1, -0.05) is 148 Å². The Morgan fingerprint density at radius 1 is 0.612 bits per heavy atom. The summed E-state index contributed by atoms with van der Waals surface area (Å²) in [7, 11) is 0. The molecule has 2 heteroatoms. The van der Waals surface area contributed by atoms with Crippen LogP contribution in [0, 0.1) is 0 Å². The Bertz CT molecular complexity index is 2280. The van der Waals surface area contributed by atoms with Gasteiger partial charge in [-0.15, -0.1) is 0 Å². The number of rotatable bonds is 6. The first kappa shape index (κ1) is 29.8. The number of para-hydroxylation sites is 2. The standard InChI is InChI=1S/C47H41NO/c1-32-42(30-31-45-46(32)41-21-9-11-25-44(41)49-45)48(37-28-26-34(27-29-37)33-14-4-2-5-15-33)43-24-10-8-20-39(43)40-23-13-19-36-18-12-22-38(47(36)40)35-16-6-3-7-17-35/h2,4-5,8-15,18-32,35,42H,3,6-7,16-17H2,1H3. The Morgan fingerprint density at radius 3 is 2.14 bits per heavy atom. The Hall–Kier alpha value is -5.34. The van der Waals surface area contributed by atoms with Crippen LogP contribution in [0.3, 0.4) is 0 Å². The van der Waals surface area contributed by atoms with Crippen molar-refractivity contribution >= 4 is 39.2 Å². The van der Waals surface area contributed by atoms with Crippen molar-refractivity contribution in [1.82, 2.24) is 0 Å². The molecule has 49 heavy (non-hydrogen) atoms. The molecule has 0 amide bonds. The maximum Gasteiger partial charge on any atom is 0.135 e. The molecule has 2 unspecified atom stereocenters. The molecule has 2 aliphatic rings. The normalized spacial score (nSPS) is 17.7. The molecule has 9 rings (SSSR count). The van der Waals surface area contributed by atoms with Crippen LogP contribution in [0.25, 0.3) is 50.1 Å². The maximum absolute atomic E-state index is 6.37. The molecule has 240 valence electrons. The Kier molecular flexibility index (Phi) is 7.65. The monoisotopic (exact) mass is 635 g/mol. The Morgan fingerprint density at radius 2 is 1.31 bits per heavy atom. The number of anilines is 2. The summed E-state index contributed by atoms with van der Waals surface area (Å²) in [6, 6.07) is 51.3. The van der Waals surface area contributed by atoms with E-state index < -0.39 is 0 Å². The molecule has 1 heterocycles. The highest BCUT2D eigenvalue weighted by Crippen LogP contribution is 2.47. The highest BCUT2D eigenvalue weighted by molar-refractivity contribution is 6.03. The summed E-state index contributed by atoms with van der Waals surface area (Å²) in [5.41, 5.74) is 11.2. The second kappa shape index (κ2) is 12.6. The van der Waals surface area contributed by atoms with Crippen molar-refractivity contribution in [3.63, 3.8) is 0 Å². The first-order valence-corrected chi connectivity index (χ1v) is 18.0. The van der Waals surface area contributed by atoms with E-state index in [4.69, 9.17) is 4.42 Å². The number of furan rings is 1. The second-order valence-corrected chi connectivity index (χ2v) is 13.9. The van der Waals surface area contributed by atoms with E-state index in [1.165, 1.54) is 93.0 Å². The van der Waals surface area contributed by atoms with Crippen LogP contribution in [0.1, 0.15) is 67.8 Å². The summed E-state index contributed by atoms with van der Waals surface area (Å²) in [5, 5.41) is 3.95. The molecule has 1 fully saturated rings. The van der Waals surface area contributed by atoms with Crippen molar-refractivity contribution in [1.29, 1.82) is 0 Å². The van der Waals surface area contributed by atoms with E-state index in [0.717, 1.165) is 11.3 Å². The smallest absolute Gasteiger partial charge is 0.135 e. The number of hydrogen-bond acceptors (Lipinski definition) is 2. The van der Waals surface area contributed by atoms with Crippen LogP contribution in [-0.2, 0) is 0 Å². The summed E-state index contributed by atoms with van der Waals surface area (Å²) in [4.78, 5) is 2.58. The molecule has 6 aromatic carbocycles. The van der Waals surface area contributed by atoms with Crippen LogP contribution < -0.4 is 4.90 Å². The van der Waals surface area contributed by atoms with Crippen molar-refractivity contribution < 1.29 is 4.42 Å². The highest BCUT2D eigenvalue weighted by Gasteiger charge is 2.34. The lowest BCUT2D eigenvalue weighted by atomic mass is 9.80. The van der Waals surface area contributed by atoms with Gasteiger partial charge >= 0.3 is 0 Å². The van der Waals surface area contributed by atoms with Gasteiger partial charge in [0.25, 0.3) is 0 Å². The zero-order valence-electron chi connectivity index (χ0n) is 28.1. The van der Waals surface area contributed by atoms with Crippen molar-refractivity contribution in [2.75, 3.05) is 4.90 Å². The lowest BCUT2D eigenvalue weighted by Gasteiger charge is -2.38. The quantitative estimate of drug-likeness (QED) is 0.181. The third-order valence-electron chi connectivity index (χ3n) is 11.1. The van der Waals surface area contributed by atoms with Gasteiger partial charge in [0, 0.05) is 33.8 Å². The maximum atomic E-state index is 6.37. The van der Waals surface area contributed by atoms with E-state index in [9.17, 15) is 0 Å². The lowest BCUT2D eigenvalue weighted by Crippen LogP contribution is -2.35. The first-order valence-electron chi connectivity index (χ1n) is 18.0. The van der Waals surface area contributed by atoms with E-state index in [-0.39, 0.29) is 12.0 Å². The van der Waals surface area contributed by atoms with Crippen molar-refractivity contribution in [3.8, 4) is 22.3 Å². The molecule has 2 atom stereocenters. The molecule has 0 spiro atoms. The predicted octanol–water partition coefficient (Wildman–Crippen LogP) is 13.3. The molecule has 1 saturated carbocycles. The van der Waals surface area contributed by atoms with Gasteiger partial charge < -0.3 is 9.32 Å². The molecule has 0 bridgehead atoms. The van der Waals surface area contributed by atoms with E-state index in [1.807, 2.05) is 0 Å². The third-order valence-corrected chi connectivity index (χ3v) is 11.1. The fraction of sp³-hybridized carbons (Fsp3) is 0.191. The number of fused-ring (bicyclic) bond motifs is 4. The average Bonchev–Trinajstić information content (AvgIpc) is 3.56. The summed E-state index contributed by atoms with van der Waals surface area (Å²) in [5.74, 6) is 1.78. The topological polar surface area (TPSA) is 16.4 Å². The molecule has 0 aliphatic heterocycles. The number of hydrogen-bond donors (Lipinski definition) is 0. The van der Waals surface area contributed by atoms with E-state index in [1.54, 1.807) is 0 Å². The van der Waals surface area contributed by atoms with Crippen LogP contribution in [-0.4, -0.2) is 6.04 Å². The molecular weight excluding hydrogens is 595 g/mol. The number of benzene rings is 6. The minimum Gasteiger partial charge on any atom is -0.456 e. The highest BCUT2D eigenvalue weighted by atomic mass is 16.3. The van der Waals surface area contributed by atoms with Crippen LogP contribution >= 0.6 is 0 Å². The van der Waals surface area contributed by atoms with Crippen molar-refractivity contribution in [3.05, 3.63) is 162 Å². The van der Waals surface area contributed by atoms with Crippen LogP contribution in [0.5, 0.6) is 0 Å². The molecule has 2 aliphatic carbocycles. The van der Waals surface area contributed by atoms with E-state index in [0.29, 0.717) is 5.92 Å². The average molecular weight is 636 g/mol. The molecule has 0 radical (unpaired) electrons. The largest absolute Gasteiger partial charge is 0.456 e. The van der Waals surface area contributed by atoms with Gasteiger partial charge in [0.05, 0.1) is 6.04 Å². The van der Waals surface area contributed by atoms with Gasteiger partial charge in [-0.25, -0.2) is 0 Å². The fourth-order valence-electron chi connectivity index (χ4n) is 8.69. The van der Waals surface area contributed by atoms with Gasteiger partial charge in [-0.05, 0) is 82.1 Å². The lowest BCUT2D eigenvalue weighted by molar-refractivity contribution is 0.445. The SMILES string of the molecule is CC1c2c(oc3ccccc23)C=CC1N(c1ccc(-c2ccccc2)cc1)c1ccccc1-c1cccc2cccc(C3CCCCC3)c12. The van der Waals surface area contributed by atoms with Gasteiger partial charge in [0.2, 0.25) is 0 Å². The van der Waals surface area contributed by atoms with Crippen LogP contribution in [0.15, 0.2) is 150 Å². The minimum absolute atomic E-state index is 0.0741. The van der Waals surface area contributed by atoms with Gasteiger partial charge in [-0.3, -0.25) is 0 Å². The molecule has 0 N–H and O–H groups in total. The van der Waals surface area contributed by atoms with Crippen molar-refractivity contribution in [2.24, 2.45) is 0 Å². The third kappa shape index (κ3) is 5.27. The first-order chi connectivity index (χ1) is 24.2. The second-order valence-electron chi connectivity index (χ2n) is 13.9. The zero-order chi connectivity index (χ0) is 32.7. The Balaban J connectivity index is 1.23. The predicted molar refractivity (Wildman–Crippen MR) is 207 cm³/mol. The van der Waals surface area contributed by atoms with Gasteiger partial charge in [0.15, 0.2) is 0 Å². The molecule has 2 nitrogen and oxygen atoms in total. The number of nitrogens with zero attached hydrogens (tertiary/aromatic N) is 1. The zero-order valence-corrected chi connectivity index (χ0v) is 28.1. The summed E-state index contributed by atoms with van der Waals surface area (Å²) >= 11 is 0. The van der Waals surface area contributed by atoms with E-state index >= 15 is 0 Å². The summed E-state index contributed by atoms with van der Waals surface area (Å²) in [6.07, 6.45) is 11.1. The fourth-order valence-corrected chi connectivity index (χ4v) is 8.69. The van der Waals surface area contributed by atoms with Crippen LogP contribution in [0.4, 0.5) is 11.4 Å². The molecule has 7 aromatic rings. The molecular formula is C47H41NO. The van der Waals surface area contributed by atoms with Gasteiger partial charge in [-0.2, -0.15) is 0 Å². The Labute approximate surface area is 289 Å². The summed E-state index contributed by atoms with van der Waals surface area (Å²) < 4.78 is 6.37. The molecule has 1 aromatic heterocycles. The van der Waals surface area contributed by atoms with Crippen molar-refractivity contribution in [2.45, 2.75) is 56.9 Å². The van der Waals surface area contributed by atoms with Crippen LogP contribution in [0.2, 0.25) is 0 Å². The molecule has 0 saturated heterocycles. The minimum atomic E-state index is 0.0741. The van der Waals surface area contributed by atoms with E-state index in [2.05, 4.69) is 164 Å². The van der Waals surface area contributed by atoms with Gasteiger partial charge in [0.1, 0.15) is 11.3 Å². The summed E-state index contributed by atoms with van der Waals surface area (Å²) in [6.45, 7) is 2.36.